The quantitative estimate of drug-likeness (QED) is 0.660. The van der Waals surface area contributed by atoms with Crippen LogP contribution < -0.4 is 10.6 Å². The highest BCUT2D eigenvalue weighted by molar-refractivity contribution is 5.78. The maximum absolute atomic E-state index is 12.8. The van der Waals surface area contributed by atoms with Crippen LogP contribution in [-0.4, -0.2) is 23.4 Å². The van der Waals surface area contributed by atoms with E-state index in [1.807, 2.05) is 0 Å². The first-order valence-electron chi connectivity index (χ1n) is 6.16. The van der Waals surface area contributed by atoms with E-state index in [1.165, 1.54) is 6.07 Å². The normalized spacial score (nSPS) is 18.4. The largest absolute Gasteiger partial charge is 0.423 e. The third-order valence-corrected chi connectivity index (χ3v) is 3.14. The van der Waals surface area contributed by atoms with Crippen molar-refractivity contribution in [2.24, 2.45) is 0 Å². The number of amides is 1. The summed E-state index contributed by atoms with van der Waals surface area (Å²) in [5, 5.41) is 16.0. The summed E-state index contributed by atoms with van der Waals surface area (Å²) in [5.41, 5.74) is -2.16. The minimum atomic E-state index is -4.80. The molecule has 0 bridgehead atoms. The summed E-state index contributed by atoms with van der Waals surface area (Å²) >= 11 is 0. The molecular weight excluding hydrogens is 291 g/mol. The van der Waals surface area contributed by atoms with Crippen molar-refractivity contribution in [1.29, 1.82) is 0 Å². The average Bonchev–Trinajstić information content (AvgIpc) is 2.81. The van der Waals surface area contributed by atoms with Gasteiger partial charge < -0.3 is 10.6 Å². The predicted octanol–water partition coefficient (Wildman–Crippen LogP) is 2.30. The molecule has 0 spiro atoms. The number of hydrogen-bond acceptors (Lipinski definition) is 4. The Morgan fingerprint density at radius 1 is 1.43 bits per heavy atom. The monoisotopic (exact) mass is 303 g/mol. The molecule has 1 unspecified atom stereocenters. The molecule has 1 atom stereocenters. The summed E-state index contributed by atoms with van der Waals surface area (Å²) in [6.07, 6.45) is -3.81. The highest BCUT2D eigenvalue weighted by Crippen LogP contribution is 2.37. The number of carbonyl (C=O) groups excluding carboxylic acids is 1. The van der Waals surface area contributed by atoms with E-state index in [0.717, 1.165) is 6.07 Å². The lowest BCUT2D eigenvalue weighted by molar-refractivity contribution is -0.388. The van der Waals surface area contributed by atoms with Crippen LogP contribution in [0.5, 0.6) is 0 Å². The Kier molecular flexibility index (Phi) is 4.01. The van der Waals surface area contributed by atoms with Gasteiger partial charge in [-0.1, -0.05) is 0 Å². The maximum Gasteiger partial charge on any atom is 0.423 e. The van der Waals surface area contributed by atoms with Crippen LogP contribution in [0.15, 0.2) is 18.2 Å². The fraction of sp³-hybridized carbons (Fsp3) is 0.417. The second-order valence-electron chi connectivity index (χ2n) is 4.67. The fourth-order valence-corrected chi connectivity index (χ4v) is 2.10. The van der Waals surface area contributed by atoms with E-state index in [2.05, 4.69) is 10.6 Å². The first kappa shape index (κ1) is 15.1. The van der Waals surface area contributed by atoms with Crippen LogP contribution in [0.2, 0.25) is 0 Å². The van der Waals surface area contributed by atoms with Crippen molar-refractivity contribution >= 4 is 17.3 Å². The number of anilines is 1. The van der Waals surface area contributed by atoms with Gasteiger partial charge in [0.25, 0.3) is 5.69 Å². The van der Waals surface area contributed by atoms with E-state index in [1.54, 1.807) is 0 Å². The van der Waals surface area contributed by atoms with Crippen LogP contribution in [-0.2, 0) is 11.0 Å². The molecule has 1 aliphatic heterocycles. The molecule has 1 fully saturated rings. The summed E-state index contributed by atoms with van der Waals surface area (Å²) in [7, 11) is 0. The number of nitro groups is 1. The summed E-state index contributed by atoms with van der Waals surface area (Å²) < 4.78 is 38.4. The van der Waals surface area contributed by atoms with Crippen molar-refractivity contribution in [2.45, 2.75) is 25.1 Å². The Morgan fingerprint density at radius 2 is 2.14 bits per heavy atom. The Hall–Kier alpha value is -2.32. The topological polar surface area (TPSA) is 84.3 Å². The van der Waals surface area contributed by atoms with E-state index in [4.69, 9.17) is 0 Å². The molecule has 2 N–H and O–H groups in total. The number of benzene rings is 1. The van der Waals surface area contributed by atoms with Crippen LogP contribution in [0.25, 0.3) is 0 Å². The highest BCUT2D eigenvalue weighted by atomic mass is 19.4. The molecule has 0 aromatic heterocycles. The Balaban J connectivity index is 2.14. The number of rotatable bonds is 4. The lowest BCUT2D eigenvalue weighted by Gasteiger charge is -2.14. The molecule has 1 aromatic carbocycles. The fourth-order valence-electron chi connectivity index (χ4n) is 2.10. The van der Waals surface area contributed by atoms with Gasteiger partial charge in [0.15, 0.2) is 0 Å². The van der Waals surface area contributed by atoms with Crippen molar-refractivity contribution in [3.8, 4) is 0 Å². The van der Waals surface area contributed by atoms with Crippen molar-refractivity contribution in [3.05, 3.63) is 33.9 Å². The maximum atomic E-state index is 12.8. The van der Waals surface area contributed by atoms with E-state index >= 15 is 0 Å². The van der Waals surface area contributed by atoms with E-state index < -0.39 is 22.4 Å². The van der Waals surface area contributed by atoms with Gasteiger partial charge in [-0.25, -0.2) is 0 Å². The number of halogens is 3. The molecule has 1 aromatic rings. The van der Waals surface area contributed by atoms with Crippen LogP contribution in [0.3, 0.4) is 0 Å². The first-order chi connectivity index (χ1) is 9.77. The second kappa shape index (κ2) is 5.58. The highest BCUT2D eigenvalue weighted by Gasteiger charge is 2.38. The lowest BCUT2D eigenvalue weighted by Crippen LogP contribution is -2.31. The zero-order chi connectivity index (χ0) is 15.6. The van der Waals surface area contributed by atoms with Gasteiger partial charge in [-0.3, -0.25) is 14.9 Å². The molecule has 0 radical (unpaired) electrons. The molecule has 0 aliphatic carbocycles. The zero-order valence-electron chi connectivity index (χ0n) is 10.7. The zero-order valence-corrected chi connectivity index (χ0v) is 10.7. The van der Waals surface area contributed by atoms with E-state index in [0.29, 0.717) is 18.9 Å². The predicted molar refractivity (Wildman–Crippen MR) is 67.8 cm³/mol. The molecule has 2 rings (SSSR count). The number of hydrogen-bond donors (Lipinski definition) is 2. The molecule has 6 nitrogen and oxygen atoms in total. The molecule has 9 heteroatoms. The van der Waals surface area contributed by atoms with E-state index in [9.17, 15) is 28.1 Å². The molecule has 114 valence electrons. The molecule has 1 amide bonds. The molecule has 21 heavy (non-hydrogen) atoms. The summed E-state index contributed by atoms with van der Waals surface area (Å²) in [6, 6.07) is 2.58. The first-order valence-corrected chi connectivity index (χ1v) is 6.16. The summed E-state index contributed by atoms with van der Waals surface area (Å²) in [4.78, 5) is 20.6. The van der Waals surface area contributed by atoms with Gasteiger partial charge >= 0.3 is 6.18 Å². The van der Waals surface area contributed by atoms with Gasteiger partial charge in [-0.15, -0.1) is 0 Å². The summed E-state index contributed by atoms with van der Waals surface area (Å²) in [6.45, 7) is 0.265. The third kappa shape index (κ3) is 3.61. The minimum Gasteiger partial charge on any atom is -0.383 e. The van der Waals surface area contributed by atoms with Gasteiger partial charge in [0.2, 0.25) is 5.91 Å². The molecule has 0 saturated carbocycles. The average molecular weight is 303 g/mol. The number of carbonyl (C=O) groups is 1. The SMILES string of the molecule is O=C1CCC(CNc2ccc([N+](=O)[O-])c(C(F)(F)F)c2)N1. The summed E-state index contributed by atoms with van der Waals surface area (Å²) in [5.74, 6) is -0.0959. The van der Waals surface area contributed by atoms with Crippen LogP contribution >= 0.6 is 0 Å². The van der Waals surface area contributed by atoms with Gasteiger partial charge in [0, 0.05) is 30.8 Å². The van der Waals surface area contributed by atoms with Crippen molar-refractivity contribution in [1.82, 2.24) is 5.32 Å². The van der Waals surface area contributed by atoms with Gasteiger partial charge in [-0.2, -0.15) is 13.2 Å². The second-order valence-corrected chi connectivity index (χ2v) is 4.67. The number of nitrogens with zero attached hydrogens (tertiary/aromatic N) is 1. The Morgan fingerprint density at radius 3 is 2.67 bits per heavy atom. The van der Waals surface area contributed by atoms with Crippen molar-refractivity contribution in [3.63, 3.8) is 0 Å². The standard InChI is InChI=1S/C12H12F3N3O3/c13-12(14,15)9-5-7(1-3-10(9)18(20)21)16-6-8-2-4-11(19)17-8/h1,3,5,8,16H,2,4,6H2,(H,17,19). The minimum absolute atomic E-state index is 0.0959. The Labute approximate surface area is 117 Å². The molecule has 1 aliphatic rings. The number of nitrogens with one attached hydrogen (secondary N) is 2. The molecule has 1 heterocycles. The molecule has 1 saturated heterocycles. The third-order valence-electron chi connectivity index (χ3n) is 3.14. The number of nitro benzene ring substituents is 1. The van der Waals surface area contributed by atoms with Crippen LogP contribution in [0, 0.1) is 10.1 Å². The number of alkyl halides is 3. The van der Waals surface area contributed by atoms with Crippen molar-refractivity contribution < 1.29 is 22.9 Å². The van der Waals surface area contributed by atoms with Gasteiger partial charge in [0.05, 0.1) is 4.92 Å². The smallest absolute Gasteiger partial charge is 0.383 e. The van der Waals surface area contributed by atoms with Crippen molar-refractivity contribution in [2.75, 3.05) is 11.9 Å². The Bertz CT molecular complexity index is 575. The van der Waals surface area contributed by atoms with Crippen LogP contribution in [0.4, 0.5) is 24.5 Å². The lowest BCUT2D eigenvalue weighted by atomic mass is 10.1. The van der Waals surface area contributed by atoms with Crippen LogP contribution in [0.1, 0.15) is 18.4 Å². The van der Waals surface area contributed by atoms with Gasteiger partial charge in [0.1, 0.15) is 5.56 Å². The van der Waals surface area contributed by atoms with Gasteiger partial charge in [-0.05, 0) is 18.6 Å². The molecular formula is C12H12F3N3O3. The van der Waals surface area contributed by atoms with E-state index in [-0.39, 0.29) is 24.2 Å².